The molecule has 3 aromatic carbocycles. The molecular formula is C24H22N4O2S. The summed E-state index contributed by atoms with van der Waals surface area (Å²) in [4.78, 5) is 13.0. The number of rotatable bonds is 7. The number of methoxy groups -OCH3 is 1. The lowest BCUT2D eigenvalue weighted by Crippen LogP contribution is -2.23. The molecule has 0 spiro atoms. The van der Waals surface area contributed by atoms with Gasteiger partial charge in [0.15, 0.2) is 5.16 Å². The number of anilines is 1. The predicted molar refractivity (Wildman–Crippen MR) is 124 cm³/mol. The first-order chi connectivity index (χ1) is 15.2. The number of nitrogens with zero attached hydrogens (tertiary/aromatic N) is 3. The minimum absolute atomic E-state index is 0.108. The Morgan fingerprint density at radius 2 is 1.71 bits per heavy atom. The van der Waals surface area contributed by atoms with Crippen LogP contribution in [0.1, 0.15) is 6.92 Å². The molecule has 1 atom stereocenters. The molecular weight excluding hydrogens is 408 g/mol. The molecule has 0 bridgehead atoms. The van der Waals surface area contributed by atoms with Gasteiger partial charge >= 0.3 is 0 Å². The summed E-state index contributed by atoms with van der Waals surface area (Å²) in [6, 6.07) is 25.4. The van der Waals surface area contributed by atoms with Gasteiger partial charge < -0.3 is 10.1 Å². The average Bonchev–Trinajstić information content (AvgIpc) is 3.27. The lowest BCUT2D eigenvalue weighted by Gasteiger charge is -2.15. The molecule has 4 rings (SSSR count). The molecule has 7 heteroatoms. The fourth-order valence-corrected chi connectivity index (χ4v) is 4.04. The fraction of sp³-hybridized carbons (Fsp3) is 0.125. The van der Waals surface area contributed by atoms with Crippen LogP contribution in [-0.2, 0) is 4.79 Å². The lowest BCUT2D eigenvalue weighted by molar-refractivity contribution is -0.115. The van der Waals surface area contributed by atoms with Crippen molar-refractivity contribution < 1.29 is 9.53 Å². The summed E-state index contributed by atoms with van der Waals surface area (Å²) in [5.41, 5.74) is 3.62. The normalized spacial score (nSPS) is 11.7. The summed E-state index contributed by atoms with van der Waals surface area (Å²) in [5, 5.41) is 11.5. The van der Waals surface area contributed by atoms with Crippen LogP contribution in [0, 0.1) is 0 Å². The van der Waals surface area contributed by atoms with Gasteiger partial charge in [0.25, 0.3) is 0 Å². The van der Waals surface area contributed by atoms with Crippen LogP contribution < -0.4 is 10.1 Å². The number of hydrogen-bond acceptors (Lipinski definition) is 5. The molecule has 4 aromatic rings. The molecule has 0 radical (unpaired) electrons. The number of para-hydroxylation sites is 3. The Morgan fingerprint density at radius 3 is 2.52 bits per heavy atom. The number of benzene rings is 3. The van der Waals surface area contributed by atoms with E-state index < -0.39 is 0 Å². The maximum absolute atomic E-state index is 13.0. The number of carbonyl (C=O) groups is 1. The molecule has 0 saturated carbocycles. The summed E-state index contributed by atoms with van der Waals surface area (Å²) in [5.74, 6) is 0.598. The van der Waals surface area contributed by atoms with Crippen molar-refractivity contribution in [2.24, 2.45) is 0 Å². The molecule has 0 aliphatic heterocycles. The van der Waals surface area contributed by atoms with Crippen molar-refractivity contribution in [2.45, 2.75) is 17.3 Å². The second kappa shape index (κ2) is 9.49. The number of thioether (sulfide) groups is 1. The van der Waals surface area contributed by atoms with Gasteiger partial charge in [-0.3, -0.25) is 9.36 Å². The molecule has 1 N–H and O–H groups in total. The first kappa shape index (κ1) is 20.7. The van der Waals surface area contributed by atoms with Gasteiger partial charge in [0.2, 0.25) is 5.91 Å². The van der Waals surface area contributed by atoms with Crippen molar-refractivity contribution in [2.75, 3.05) is 12.4 Å². The zero-order chi connectivity index (χ0) is 21.6. The highest BCUT2D eigenvalue weighted by Crippen LogP contribution is 2.31. The molecule has 6 nitrogen and oxygen atoms in total. The zero-order valence-corrected chi connectivity index (χ0v) is 18.0. The van der Waals surface area contributed by atoms with Crippen LogP contribution in [0.15, 0.2) is 90.3 Å². The molecule has 0 aliphatic rings. The third-order valence-electron chi connectivity index (χ3n) is 4.78. The molecule has 0 fully saturated rings. The van der Waals surface area contributed by atoms with E-state index in [1.165, 1.54) is 11.8 Å². The summed E-state index contributed by atoms with van der Waals surface area (Å²) in [7, 11) is 1.62. The lowest BCUT2D eigenvalue weighted by atomic mass is 10.0. The number of carbonyl (C=O) groups excluding carboxylic acids is 1. The maximum atomic E-state index is 13.0. The van der Waals surface area contributed by atoms with E-state index in [4.69, 9.17) is 4.74 Å². The van der Waals surface area contributed by atoms with E-state index in [9.17, 15) is 4.79 Å². The second-order valence-electron chi connectivity index (χ2n) is 6.82. The summed E-state index contributed by atoms with van der Waals surface area (Å²) >= 11 is 1.34. The average molecular weight is 431 g/mol. The number of ether oxygens (including phenoxy) is 1. The minimum Gasteiger partial charge on any atom is -0.495 e. The van der Waals surface area contributed by atoms with Gasteiger partial charge in [0, 0.05) is 11.3 Å². The number of aromatic nitrogens is 3. The number of amides is 1. The van der Waals surface area contributed by atoms with Crippen molar-refractivity contribution in [3.05, 3.63) is 85.2 Å². The highest BCUT2D eigenvalue weighted by atomic mass is 32.2. The van der Waals surface area contributed by atoms with Crippen molar-refractivity contribution in [3.8, 4) is 22.6 Å². The third-order valence-corrected chi connectivity index (χ3v) is 5.84. The second-order valence-corrected chi connectivity index (χ2v) is 8.12. The standard InChI is InChI=1S/C24H22N4O2S/c1-17(31-24-27-25-16-28(24)21-14-8-9-15-22(21)30-2)23(29)26-20-13-7-6-12-19(20)18-10-4-3-5-11-18/h3-17H,1-2H3,(H,26,29)/t17-/m1/s1. The molecule has 1 amide bonds. The van der Waals surface area contributed by atoms with Crippen LogP contribution >= 0.6 is 11.8 Å². The number of nitrogens with one attached hydrogen (secondary N) is 1. The SMILES string of the molecule is COc1ccccc1-n1cnnc1S[C@H](C)C(=O)Nc1ccccc1-c1ccccc1. The Hall–Kier alpha value is -3.58. The van der Waals surface area contributed by atoms with Crippen LogP contribution in [0.3, 0.4) is 0 Å². The largest absolute Gasteiger partial charge is 0.495 e. The quantitative estimate of drug-likeness (QED) is 0.415. The van der Waals surface area contributed by atoms with E-state index in [0.717, 1.165) is 22.5 Å². The van der Waals surface area contributed by atoms with Crippen molar-refractivity contribution in [3.63, 3.8) is 0 Å². The van der Waals surface area contributed by atoms with Crippen LogP contribution in [0.2, 0.25) is 0 Å². The van der Waals surface area contributed by atoms with Gasteiger partial charge in [-0.25, -0.2) is 0 Å². The molecule has 1 aromatic heterocycles. The predicted octanol–water partition coefficient (Wildman–Crippen LogP) is 5.06. The van der Waals surface area contributed by atoms with Crippen molar-refractivity contribution in [1.82, 2.24) is 14.8 Å². The van der Waals surface area contributed by atoms with Crippen LogP contribution in [-0.4, -0.2) is 33.0 Å². The van der Waals surface area contributed by atoms with Gasteiger partial charge in [-0.1, -0.05) is 72.4 Å². The van der Waals surface area contributed by atoms with Crippen LogP contribution in [0.5, 0.6) is 5.75 Å². The van der Waals surface area contributed by atoms with E-state index in [0.29, 0.717) is 10.9 Å². The Kier molecular flexibility index (Phi) is 6.33. The zero-order valence-electron chi connectivity index (χ0n) is 17.2. The van der Waals surface area contributed by atoms with Crippen LogP contribution in [0.4, 0.5) is 5.69 Å². The third kappa shape index (κ3) is 4.62. The van der Waals surface area contributed by atoms with Crippen LogP contribution in [0.25, 0.3) is 16.8 Å². The molecule has 1 heterocycles. The summed E-state index contributed by atoms with van der Waals surface area (Å²) < 4.78 is 7.27. The van der Waals surface area contributed by atoms with E-state index in [1.54, 1.807) is 13.4 Å². The number of hydrogen-bond donors (Lipinski definition) is 1. The molecule has 0 unspecified atom stereocenters. The molecule has 156 valence electrons. The highest BCUT2D eigenvalue weighted by Gasteiger charge is 2.20. The molecule has 0 saturated heterocycles. The maximum Gasteiger partial charge on any atom is 0.237 e. The Bertz CT molecular complexity index is 1180. The first-order valence-electron chi connectivity index (χ1n) is 9.82. The highest BCUT2D eigenvalue weighted by molar-refractivity contribution is 8.00. The Morgan fingerprint density at radius 1 is 1.00 bits per heavy atom. The Labute approximate surface area is 185 Å². The van der Waals surface area contributed by atoms with E-state index >= 15 is 0 Å². The summed E-state index contributed by atoms with van der Waals surface area (Å²) in [6.07, 6.45) is 1.62. The van der Waals surface area contributed by atoms with Crippen molar-refractivity contribution >= 4 is 23.4 Å². The van der Waals surface area contributed by atoms with E-state index in [-0.39, 0.29) is 11.2 Å². The van der Waals surface area contributed by atoms with Gasteiger partial charge in [-0.05, 0) is 30.7 Å². The Balaban J connectivity index is 1.52. The monoisotopic (exact) mass is 430 g/mol. The van der Waals surface area contributed by atoms with Gasteiger partial charge in [-0.15, -0.1) is 10.2 Å². The minimum atomic E-state index is -0.388. The van der Waals surface area contributed by atoms with E-state index in [2.05, 4.69) is 15.5 Å². The van der Waals surface area contributed by atoms with Gasteiger partial charge in [-0.2, -0.15) is 0 Å². The fourth-order valence-electron chi connectivity index (χ4n) is 3.21. The summed E-state index contributed by atoms with van der Waals surface area (Å²) in [6.45, 7) is 1.85. The first-order valence-corrected chi connectivity index (χ1v) is 10.7. The van der Waals surface area contributed by atoms with Gasteiger partial charge in [0.1, 0.15) is 12.1 Å². The molecule has 0 aliphatic carbocycles. The van der Waals surface area contributed by atoms with Crippen molar-refractivity contribution in [1.29, 1.82) is 0 Å². The van der Waals surface area contributed by atoms with Gasteiger partial charge in [0.05, 0.1) is 18.0 Å². The van der Waals surface area contributed by atoms with E-state index in [1.807, 2.05) is 90.4 Å². The molecule has 31 heavy (non-hydrogen) atoms. The topological polar surface area (TPSA) is 69.0 Å². The smallest absolute Gasteiger partial charge is 0.237 e.